The molecule has 4 aromatic carbocycles. The molecule has 8 nitrogen and oxygen atoms in total. The normalized spacial score (nSPS) is 27.8. The number of hydrogen-bond donors (Lipinski definition) is 2. The highest BCUT2D eigenvalue weighted by Crippen LogP contribution is 2.56. The summed E-state index contributed by atoms with van der Waals surface area (Å²) in [6.45, 7) is 4.00. The van der Waals surface area contributed by atoms with E-state index in [1.165, 1.54) is 24.3 Å². The van der Waals surface area contributed by atoms with Crippen molar-refractivity contribution in [2.24, 2.45) is 11.8 Å². The summed E-state index contributed by atoms with van der Waals surface area (Å²) in [5.74, 6) is -0.216. The van der Waals surface area contributed by atoms with Gasteiger partial charge in [0.2, 0.25) is 0 Å². The molecule has 2 saturated carbocycles. The highest BCUT2D eigenvalue weighted by atomic mass is 32.2. The molecule has 0 saturated heterocycles. The minimum Gasteiger partial charge on any atom is -0.390 e. The molecule has 4 aliphatic carbocycles. The van der Waals surface area contributed by atoms with Crippen molar-refractivity contribution in [2.45, 2.75) is 150 Å². The number of aliphatic hydroxyl groups is 2. The van der Waals surface area contributed by atoms with Crippen LogP contribution in [0.4, 0.5) is 26.3 Å². The molecule has 16 heteroatoms. The average molecular weight is 965 g/mol. The van der Waals surface area contributed by atoms with E-state index in [0.717, 1.165) is 84.7 Å². The van der Waals surface area contributed by atoms with E-state index < -0.39 is 42.5 Å². The Kier molecular flexibility index (Phi) is 14.1. The Morgan fingerprint density at radius 1 is 0.561 bits per heavy atom. The lowest BCUT2D eigenvalue weighted by Crippen LogP contribution is -2.48. The molecule has 4 aliphatic rings. The summed E-state index contributed by atoms with van der Waals surface area (Å²) >= 11 is 0. The van der Waals surface area contributed by atoms with Crippen LogP contribution in [0.5, 0.6) is 11.5 Å². The maximum absolute atomic E-state index is 12.8. The number of benzene rings is 4. The first-order chi connectivity index (χ1) is 31.0. The smallest absolute Gasteiger partial charge is 0.390 e. The first-order valence-electron chi connectivity index (χ1n) is 22.8. The third kappa shape index (κ3) is 10.3. The first kappa shape index (κ1) is 49.8. The average Bonchev–Trinajstić information content (AvgIpc) is 3.50. The van der Waals surface area contributed by atoms with Crippen LogP contribution in [0, 0.1) is 11.8 Å². The van der Waals surface area contributed by atoms with Crippen molar-refractivity contribution < 1.29 is 61.8 Å². The highest BCUT2D eigenvalue weighted by Gasteiger charge is 2.53. The van der Waals surface area contributed by atoms with Crippen LogP contribution in [0.1, 0.15) is 124 Å². The fourth-order valence-corrected chi connectivity index (χ4v) is 12.5. The predicted octanol–water partition coefficient (Wildman–Crippen LogP) is 11.3. The third-order valence-corrected chi connectivity index (χ3v) is 17.1. The van der Waals surface area contributed by atoms with Crippen LogP contribution in [0.15, 0.2) is 97.1 Å². The fourth-order valence-electron chi connectivity index (χ4n) is 11.6. The molecule has 8 rings (SSSR count). The number of rotatable bonds is 10. The van der Waals surface area contributed by atoms with Gasteiger partial charge in [-0.1, -0.05) is 86.6 Å². The van der Waals surface area contributed by atoms with E-state index in [1.807, 2.05) is 50.2 Å². The Labute approximate surface area is 384 Å². The van der Waals surface area contributed by atoms with Gasteiger partial charge in [-0.2, -0.15) is 43.2 Å². The van der Waals surface area contributed by atoms with Gasteiger partial charge in [0.05, 0.1) is 11.2 Å². The zero-order valence-electron chi connectivity index (χ0n) is 37.1. The fraction of sp³-hybridized carbons (Fsp3) is 0.520. The molecule has 0 spiro atoms. The van der Waals surface area contributed by atoms with Crippen molar-refractivity contribution in [3.05, 3.63) is 130 Å². The second-order valence-corrected chi connectivity index (χ2v) is 22.1. The predicted molar refractivity (Wildman–Crippen MR) is 239 cm³/mol. The minimum absolute atomic E-state index is 0.211. The molecular formula is C50H58F6O8S2. The summed E-state index contributed by atoms with van der Waals surface area (Å²) in [7, 11) is -11.5. The van der Waals surface area contributed by atoms with Gasteiger partial charge in [0.25, 0.3) is 0 Å². The van der Waals surface area contributed by atoms with Crippen molar-refractivity contribution >= 4 is 20.2 Å². The quantitative estimate of drug-likeness (QED) is 0.0914. The molecule has 2 fully saturated rings. The number of aryl methyl sites for hydroxylation is 2. The summed E-state index contributed by atoms with van der Waals surface area (Å²) in [6, 6.07) is 29.2. The largest absolute Gasteiger partial charge is 0.534 e. The Morgan fingerprint density at radius 3 is 1.26 bits per heavy atom. The number of halogens is 6. The van der Waals surface area contributed by atoms with Gasteiger partial charge in [0.1, 0.15) is 11.5 Å². The number of hydrogen-bond acceptors (Lipinski definition) is 8. The zero-order chi connectivity index (χ0) is 47.8. The first-order valence-corrected chi connectivity index (χ1v) is 25.6. The minimum atomic E-state index is -5.73. The molecule has 360 valence electrons. The molecule has 0 aromatic heterocycles. The molecule has 6 atom stereocenters. The van der Waals surface area contributed by atoms with Gasteiger partial charge in [-0.25, -0.2) is 0 Å². The Bertz CT molecular complexity index is 2380. The van der Waals surface area contributed by atoms with Crippen LogP contribution in [0.25, 0.3) is 0 Å². The monoisotopic (exact) mass is 964 g/mol. The van der Waals surface area contributed by atoms with Crippen LogP contribution < -0.4 is 8.37 Å². The van der Waals surface area contributed by atoms with Gasteiger partial charge >= 0.3 is 31.3 Å². The second-order valence-electron chi connectivity index (χ2n) is 19.0. The third-order valence-electron chi connectivity index (χ3n) is 15.1. The molecule has 66 heavy (non-hydrogen) atoms. The lowest BCUT2D eigenvalue weighted by molar-refractivity contribution is -0.0505. The van der Waals surface area contributed by atoms with E-state index in [2.05, 4.69) is 32.6 Å². The van der Waals surface area contributed by atoms with Gasteiger partial charge in [0.15, 0.2) is 0 Å². The molecule has 0 aliphatic heterocycles. The SMILES string of the molecule is CC[C@@]1(O)CC[C@@]2(Cc3ccccc3)c3ccc(OS(=O)(=O)C(F)(F)F)cc3CCC[C@H]2C1.CC[C@]1(O)CC[C@]2(Cc3ccccc3)c3ccc(OS(=O)(=O)C(F)(F)F)cc3CCC[C@@H]2C1. The van der Waals surface area contributed by atoms with E-state index in [4.69, 9.17) is 0 Å². The van der Waals surface area contributed by atoms with E-state index in [0.29, 0.717) is 51.4 Å². The van der Waals surface area contributed by atoms with E-state index in [1.54, 1.807) is 12.1 Å². The summed E-state index contributed by atoms with van der Waals surface area (Å²) in [5.41, 5.74) is -6.90. The van der Waals surface area contributed by atoms with Gasteiger partial charge in [0, 0.05) is 10.8 Å². The maximum atomic E-state index is 12.8. The molecule has 0 radical (unpaired) electrons. The van der Waals surface area contributed by atoms with Crippen molar-refractivity contribution in [2.75, 3.05) is 0 Å². The van der Waals surface area contributed by atoms with E-state index >= 15 is 0 Å². The second kappa shape index (κ2) is 18.8. The molecule has 0 bridgehead atoms. The van der Waals surface area contributed by atoms with Crippen LogP contribution in [-0.2, 0) is 56.7 Å². The summed E-state index contributed by atoms with van der Waals surface area (Å²) in [4.78, 5) is 0. The van der Waals surface area contributed by atoms with Crippen molar-refractivity contribution in [1.29, 1.82) is 0 Å². The lowest BCUT2D eigenvalue weighted by atomic mass is 9.55. The molecular weight excluding hydrogens is 907 g/mol. The van der Waals surface area contributed by atoms with Crippen LogP contribution >= 0.6 is 0 Å². The van der Waals surface area contributed by atoms with Gasteiger partial charge in [-0.3, -0.25) is 0 Å². The molecule has 0 heterocycles. The van der Waals surface area contributed by atoms with Crippen LogP contribution in [-0.4, -0.2) is 49.3 Å². The summed E-state index contributed by atoms with van der Waals surface area (Å²) in [6.07, 6.45) is 11.7. The van der Waals surface area contributed by atoms with E-state index in [-0.39, 0.29) is 34.2 Å². The number of alkyl halides is 6. The van der Waals surface area contributed by atoms with Crippen LogP contribution in [0.2, 0.25) is 0 Å². The molecule has 2 N–H and O–H groups in total. The Morgan fingerprint density at radius 2 is 0.924 bits per heavy atom. The number of fused-ring (bicyclic) bond motifs is 6. The lowest BCUT2D eigenvalue weighted by Gasteiger charge is -2.50. The summed E-state index contributed by atoms with van der Waals surface area (Å²) in [5, 5.41) is 22.2. The van der Waals surface area contributed by atoms with Crippen molar-refractivity contribution in [3.63, 3.8) is 0 Å². The van der Waals surface area contributed by atoms with Gasteiger partial charge in [-0.15, -0.1) is 0 Å². The van der Waals surface area contributed by atoms with Crippen molar-refractivity contribution in [1.82, 2.24) is 0 Å². The Balaban J connectivity index is 0.000000196. The topological polar surface area (TPSA) is 127 Å². The van der Waals surface area contributed by atoms with E-state index in [9.17, 15) is 53.4 Å². The van der Waals surface area contributed by atoms with Crippen molar-refractivity contribution in [3.8, 4) is 11.5 Å². The molecule has 0 amide bonds. The zero-order valence-corrected chi connectivity index (χ0v) is 38.8. The highest BCUT2D eigenvalue weighted by molar-refractivity contribution is 7.88. The van der Waals surface area contributed by atoms with Gasteiger partial charge in [-0.05, 0) is 172 Å². The van der Waals surface area contributed by atoms with Crippen LogP contribution in [0.3, 0.4) is 0 Å². The molecule has 4 aromatic rings. The van der Waals surface area contributed by atoms with Gasteiger partial charge < -0.3 is 18.6 Å². The Hall–Kier alpha value is -4.12. The standard InChI is InChI=1S/2C25H29F3O4S/c2*1-2-23(29)13-14-24(16-18-7-4-3-5-8-18)20(17-23)10-6-9-19-15-21(11-12-22(19)24)32-33(30,31)25(26,27)28/h2*3-5,7-8,11-12,15,20,29H,2,6,9-10,13-14,16-17H2,1H3/t2*20-,23+,24-/m10/s1. The maximum Gasteiger partial charge on any atom is 0.534 e. The molecule has 0 unspecified atom stereocenters. The summed E-state index contributed by atoms with van der Waals surface area (Å²) < 4.78 is 132.